The van der Waals surface area contributed by atoms with E-state index in [9.17, 15) is 0 Å². The number of hydrogen-bond acceptors (Lipinski definition) is 2. The quantitative estimate of drug-likeness (QED) is 0.419. The molecule has 0 aliphatic rings. The van der Waals surface area contributed by atoms with Crippen LogP contribution in [0.3, 0.4) is 0 Å². The van der Waals surface area contributed by atoms with Gasteiger partial charge in [-0.3, -0.25) is 0 Å². The first-order valence-corrected chi connectivity index (χ1v) is 3.57. The van der Waals surface area contributed by atoms with E-state index >= 15 is 0 Å². The van der Waals surface area contributed by atoms with Crippen molar-refractivity contribution < 1.29 is 11.2 Å². The third-order valence-electron chi connectivity index (χ3n) is 0.542. The fraction of sp³-hybridized carbons (Fsp3) is 1.00. The molecule has 10 heavy (non-hydrogen) atoms. The van der Waals surface area contributed by atoms with Gasteiger partial charge < -0.3 is 0 Å². The van der Waals surface area contributed by atoms with E-state index in [2.05, 4.69) is 0 Å². The van der Waals surface area contributed by atoms with E-state index in [1.807, 2.05) is 41.5 Å². The second-order valence-corrected chi connectivity index (χ2v) is 4.39. The standard InChI is InChI=1S/C8H18O2.H/c1-7(2,3)9-10-8(4,5)6;/h1-6H3;. The van der Waals surface area contributed by atoms with Gasteiger partial charge in [-0.25, -0.2) is 9.78 Å². The first kappa shape index (κ1) is 9.92. The Labute approximate surface area is 64.9 Å². The average Bonchev–Trinajstić information content (AvgIpc) is 1.57. The second-order valence-electron chi connectivity index (χ2n) is 4.39. The molecule has 0 aromatic rings. The molecule has 0 fully saturated rings. The summed E-state index contributed by atoms with van der Waals surface area (Å²) >= 11 is 0. The van der Waals surface area contributed by atoms with Gasteiger partial charge in [0.15, 0.2) is 0 Å². The van der Waals surface area contributed by atoms with Gasteiger partial charge >= 0.3 is 0 Å². The topological polar surface area (TPSA) is 18.5 Å². The highest BCUT2D eigenvalue weighted by Gasteiger charge is 2.18. The summed E-state index contributed by atoms with van der Waals surface area (Å²) in [5, 5.41) is 0. The van der Waals surface area contributed by atoms with Crippen molar-refractivity contribution in [1.82, 2.24) is 0 Å². The molecule has 0 N–H and O–H groups in total. The smallest absolute Gasteiger partial charge is 0.0952 e. The summed E-state index contributed by atoms with van der Waals surface area (Å²) in [6.07, 6.45) is 0. The van der Waals surface area contributed by atoms with Gasteiger partial charge in [0.2, 0.25) is 0 Å². The molecule has 0 bridgehead atoms. The van der Waals surface area contributed by atoms with E-state index in [0.717, 1.165) is 0 Å². The Bertz CT molecular complexity index is 85.6. The van der Waals surface area contributed by atoms with Crippen LogP contribution in [0, 0.1) is 0 Å². The van der Waals surface area contributed by atoms with Crippen LogP contribution in [-0.4, -0.2) is 11.2 Å². The van der Waals surface area contributed by atoms with E-state index < -0.39 is 0 Å². The highest BCUT2D eigenvalue weighted by Crippen LogP contribution is 2.14. The Morgan fingerprint density at radius 3 is 1.00 bits per heavy atom. The van der Waals surface area contributed by atoms with Gasteiger partial charge in [-0.05, 0) is 41.5 Å². The van der Waals surface area contributed by atoms with Gasteiger partial charge in [0.1, 0.15) is 0 Å². The fourth-order valence-electron chi connectivity index (χ4n) is 0.250. The monoisotopic (exact) mass is 147 g/mol. The van der Waals surface area contributed by atoms with Crippen LogP contribution in [0.4, 0.5) is 0 Å². The van der Waals surface area contributed by atoms with Crippen molar-refractivity contribution in [2.45, 2.75) is 52.7 Å². The molecule has 63 valence electrons. The highest BCUT2D eigenvalue weighted by molar-refractivity contribution is 4.58. The van der Waals surface area contributed by atoms with Crippen LogP contribution in [0.1, 0.15) is 43.0 Å². The maximum Gasteiger partial charge on any atom is 0.0952 e. The third-order valence-corrected chi connectivity index (χ3v) is 0.542. The van der Waals surface area contributed by atoms with Crippen LogP contribution >= 0.6 is 0 Å². The van der Waals surface area contributed by atoms with Gasteiger partial charge in [-0.1, -0.05) is 0 Å². The maximum atomic E-state index is 5.09. The first-order chi connectivity index (χ1) is 4.21. The van der Waals surface area contributed by atoms with Gasteiger partial charge in [0.05, 0.1) is 11.2 Å². The Balaban J connectivity index is 0. The minimum Gasteiger partial charge on any atom is -0.230 e. The van der Waals surface area contributed by atoms with E-state index in [-0.39, 0.29) is 12.6 Å². The minimum absolute atomic E-state index is 0. The predicted molar refractivity (Wildman–Crippen MR) is 42.8 cm³/mol. The van der Waals surface area contributed by atoms with Crippen LogP contribution in [0.2, 0.25) is 0 Å². The van der Waals surface area contributed by atoms with Crippen molar-refractivity contribution in [3.8, 4) is 0 Å². The van der Waals surface area contributed by atoms with Crippen molar-refractivity contribution >= 4 is 0 Å². The van der Waals surface area contributed by atoms with Crippen molar-refractivity contribution in [2.24, 2.45) is 0 Å². The Kier molecular flexibility index (Phi) is 2.86. The molecule has 0 saturated carbocycles. The van der Waals surface area contributed by atoms with Crippen molar-refractivity contribution in [1.29, 1.82) is 0 Å². The first-order valence-electron chi connectivity index (χ1n) is 3.57. The lowest BCUT2D eigenvalue weighted by atomic mass is 10.2. The number of hydrogen-bond donors (Lipinski definition) is 0. The molecule has 0 aromatic carbocycles. The zero-order chi connectivity index (χ0) is 8.41. The Hall–Kier alpha value is -0.0800. The van der Waals surface area contributed by atoms with Crippen LogP contribution < -0.4 is 0 Å². The molecule has 0 aliphatic heterocycles. The largest absolute Gasteiger partial charge is 0.230 e. The molecule has 0 saturated heterocycles. The van der Waals surface area contributed by atoms with Gasteiger partial charge in [0.25, 0.3) is 0 Å². The van der Waals surface area contributed by atoms with Crippen LogP contribution in [0.5, 0.6) is 0 Å². The molecule has 2 nitrogen and oxygen atoms in total. The molecule has 0 unspecified atom stereocenters. The van der Waals surface area contributed by atoms with E-state index in [0.29, 0.717) is 0 Å². The van der Waals surface area contributed by atoms with Crippen molar-refractivity contribution in [3.63, 3.8) is 0 Å². The normalized spacial score (nSPS) is 13.8. The lowest BCUT2D eigenvalue weighted by Gasteiger charge is -2.24. The third kappa shape index (κ3) is 7.92. The summed E-state index contributed by atoms with van der Waals surface area (Å²) in [6.45, 7) is 11.7. The molecule has 0 amide bonds. The van der Waals surface area contributed by atoms with Crippen LogP contribution in [0.15, 0.2) is 0 Å². The molecule has 0 atom stereocenters. The summed E-state index contributed by atoms with van der Waals surface area (Å²) < 4.78 is 0. The van der Waals surface area contributed by atoms with Crippen LogP contribution in [-0.2, 0) is 9.78 Å². The summed E-state index contributed by atoms with van der Waals surface area (Å²) in [7, 11) is 0. The number of rotatable bonds is 1. The van der Waals surface area contributed by atoms with Crippen LogP contribution in [0.25, 0.3) is 0 Å². The zero-order valence-electron chi connectivity index (χ0n) is 8.82. The molecular weight excluding hydrogens is 128 g/mol. The molecule has 0 heterocycles. The molecular formula is C8H19O2. The predicted octanol–water partition coefficient (Wildman–Crippen LogP) is 2.64. The maximum absolute atomic E-state index is 5.09. The Morgan fingerprint density at radius 1 is 0.700 bits per heavy atom. The average molecular weight is 147 g/mol. The summed E-state index contributed by atoms with van der Waals surface area (Å²) in [5.74, 6) is 0. The highest BCUT2D eigenvalue weighted by atomic mass is 17.2. The Morgan fingerprint density at radius 2 is 0.900 bits per heavy atom. The molecule has 0 aliphatic carbocycles. The lowest BCUT2D eigenvalue weighted by Crippen LogP contribution is -2.27. The summed E-state index contributed by atoms with van der Waals surface area (Å²) in [5.41, 5.74) is -0.430. The van der Waals surface area contributed by atoms with E-state index in [4.69, 9.17) is 9.78 Å². The molecule has 0 rings (SSSR count). The van der Waals surface area contributed by atoms with E-state index in [1.165, 1.54) is 0 Å². The lowest BCUT2D eigenvalue weighted by molar-refractivity contribution is -0.393. The summed E-state index contributed by atoms with van der Waals surface area (Å²) in [6, 6.07) is 0. The molecule has 0 spiro atoms. The summed E-state index contributed by atoms with van der Waals surface area (Å²) in [4.78, 5) is 10.2. The SMILES string of the molecule is CC(C)(C)OOC(C)(C)C.[H]. The van der Waals surface area contributed by atoms with Gasteiger partial charge in [0, 0.05) is 1.43 Å². The molecule has 2 heteroatoms. The second kappa shape index (κ2) is 2.89. The fourth-order valence-corrected chi connectivity index (χ4v) is 0.250. The van der Waals surface area contributed by atoms with Gasteiger partial charge in [-0.2, -0.15) is 0 Å². The van der Waals surface area contributed by atoms with Crippen molar-refractivity contribution in [3.05, 3.63) is 0 Å². The van der Waals surface area contributed by atoms with Crippen molar-refractivity contribution in [2.75, 3.05) is 0 Å². The zero-order valence-corrected chi connectivity index (χ0v) is 7.82. The minimum atomic E-state index is -0.215. The van der Waals surface area contributed by atoms with E-state index in [1.54, 1.807) is 0 Å². The van der Waals surface area contributed by atoms with Gasteiger partial charge in [-0.15, -0.1) is 0 Å². The molecule has 0 aromatic heterocycles. The molecule has 1 radical (unpaired) electrons.